The molecule has 0 fully saturated rings. The van der Waals surface area contributed by atoms with E-state index >= 15 is 0 Å². The second kappa shape index (κ2) is 5.34. The Bertz CT molecular complexity index is 1360. The molecule has 1 aliphatic carbocycles. The number of nitrogens with zero attached hydrogens (tertiary/aromatic N) is 4. The largest absolute Gasteiger partial charge is 0.329 e. The van der Waals surface area contributed by atoms with Gasteiger partial charge in [-0.1, -0.05) is 35.6 Å². The van der Waals surface area contributed by atoms with E-state index in [0.29, 0.717) is 5.82 Å². The fourth-order valence-corrected chi connectivity index (χ4v) is 4.57. The van der Waals surface area contributed by atoms with Gasteiger partial charge >= 0.3 is 4.87 Å². The molecule has 0 spiro atoms. The molecule has 130 valence electrons. The Morgan fingerprint density at radius 2 is 2.07 bits per heavy atom. The summed E-state index contributed by atoms with van der Waals surface area (Å²) in [5.41, 5.74) is 7.67. The van der Waals surface area contributed by atoms with Crippen LogP contribution < -0.4 is 4.87 Å². The first kappa shape index (κ1) is 14.8. The van der Waals surface area contributed by atoms with Crippen molar-refractivity contribution < 1.29 is 0 Å². The quantitative estimate of drug-likeness (QED) is 0.490. The van der Waals surface area contributed by atoms with Gasteiger partial charge in [0.2, 0.25) is 0 Å². The number of nitrogens with one attached hydrogen (secondary N) is 1. The monoisotopic (exact) mass is 371 g/mol. The van der Waals surface area contributed by atoms with Gasteiger partial charge < -0.3 is 0 Å². The lowest BCUT2D eigenvalue weighted by Gasteiger charge is -2.16. The number of aromatic amines is 1. The average molecular weight is 371 g/mol. The van der Waals surface area contributed by atoms with Crippen molar-refractivity contribution in [2.75, 3.05) is 0 Å². The van der Waals surface area contributed by atoms with E-state index in [-0.39, 0.29) is 4.87 Å². The second-order valence-corrected chi connectivity index (χ2v) is 7.65. The molecular weight excluding hydrogens is 358 g/mol. The first-order valence-corrected chi connectivity index (χ1v) is 9.53. The van der Waals surface area contributed by atoms with E-state index in [2.05, 4.69) is 44.4 Å². The molecule has 0 unspecified atom stereocenters. The maximum absolute atomic E-state index is 11.6. The Labute approximate surface area is 157 Å². The van der Waals surface area contributed by atoms with Crippen LogP contribution in [0.25, 0.3) is 38.9 Å². The van der Waals surface area contributed by atoms with Crippen molar-refractivity contribution in [2.45, 2.75) is 12.8 Å². The molecule has 2 aliphatic heterocycles. The molecule has 7 heteroatoms. The van der Waals surface area contributed by atoms with Crippen LogP contribution in [-0.2, 0) is 12.8 Å². The molecule has 2 aromatic heterocycles. The number of hydrogen-bond acceptors (Lipinski definition) is 5. The highest BCUT2D eigenvalue weighted by molar-refractivity contribution is 7.12. The SMILES string of the molecule is O=c1nc2n3ccc(-c4n[nH]c5c4CCc4ccccc4-5)cc3ncc-2s1. The van der Waals surface area contributed by atoms with Crippen LogP contribution in [0.3, 0.4) is 0 Å². The minimum absolute atomic E-state index is 0.198. The van der Waals surface area contributed by atoms with Gasteiger partial charge in [-0.2, -0.15) is 10.1 Å². The van der Waals surface area contributed by atoms with E-state index in [1.165, 1.54) is 16.7 Å². The lowest BCUT2D eigenvalue weighted by atomic mass is 9.88. The summed E-state index contributed by atoms with van der Waals surface area (Å²) in [5, 5.41) is 7.85. The summed E-state index contributed by atoms with van der Waals surface area (Å²) < 4.78 is 1.85. The smallest absolute Gasteiger partial charge is 0.285 e. The van der Waals surface area contributed by atoms with Gasteiger partial charge in [0.15, 0.2) is 5.82 Å². The molecule has 1 aromatic carbocycles. The van der Waals surface area contributed by atoms with Gasteiger partial charge in [-0.05, 0) is 30.5 Å². The molecule has 3 aromatic rings. The number of thiazole rings is 1. The van der Waals surface area contributed by atoms with E-state index in [1.54, 1.807) is 6.20 Å². The maximum Gasteiger partial charge on any atom is 0.329 e. The van der Waals surface area contributed by atoms with Crippen molar-refractivity contribution in [1.82, 2.24) is 24.6 Å². The minimum Gasteiger partial charge on any atom is -0.285 e. The van der Waals surface area contributed by atoms with E-state index < -0.39 is 0 Å². The summed E-state index contributed by atoms with van der Waals surface area (Å²) in [7, 11) is 0. The third-order valence-corrected chi connectivity index (χ3v) is 5.94. The number of aryl methyl sites for hydroxylation is 1. The molecule has 6 nitrogen and oxygen atoms in total. The van der Waals surface area contributed by atoms with Crippen molar-refractivity contribution in [1.29, 1.82) is 0 Å². The summed E-state index contributed by atoms with van der Waals surface area (Å²) in [5.74, 6) is 0.652. The Balaban J connectivity index is 1.54. The molecule has 6 rings (SSSR count). The number of rotatable bonds is 1. The predicted octanol–water partition coefficient (Wildman–Crippen LogP) is 3.41. The van der Waals surface area contributed by atoms with Crippen LogP contribution in [0.2, 0.25) is 0 Å². The molecule has 0 amide bonds. The van der Waals surface area contributed by atoms with Crippen molar-refractivity contribution in [2.24, 2.45) is 0 Å². The fraction of sp³-hybridized carbons (Fsp3) is 0.100. The van der Waals surface area contributed by atoms with Crippen molar-refractivity contribution in [3.8, 4) is 33.2 Å². The van der Waals surface area contributed by atoms with Crippen LogP contribution >= 0.6 is 11.3 Å². The number of benzene rings is 1. The summed E-state index contributed by atoms with van der Waals surface area (Å²) >= 11 is 1.11. The van der Waals surface area contributed by atoms with Crippen LogP contribution in [0.5, 0.6) is 0 Å². The summed E-state index contributed by atoms with van der Waals surface area (Å²) in [6.45, 7) is 0. The molecule has 0 radical (unpaired) electrons. The minimum atomic E-state index is -0.198. The highest BCUT2D eigenvalue weighted by Crippen LogP contribution is 2.37. The molecule has 0 atom stereocenters. The van der Waals surface area contributed by atoms with Gasteiger partial charge in [-0.25, -0.2) is 4.98 Å². The molecule has 4 heterocycles. The highest BCUT2D eigenvalue weighted by Gasteiger charge is 2.22. The average Bonchev–Trinajstić information content (AvgIpc) is 3.30. The number of fused-ring (bicyclic) bond motifs is 6. The summed E-state index contributed by atoms with van der Waals surface area (Å²) in [4.78, 5) is 20.8. The number of hydrogen-bond donors (Lipinski definition) is 1. The van der Waals surface area contributed by atoms with Gasteiger partial charge in [0.1, 0.15) is 5.65 Å². The third-order valence-electron chi connectivity index (χ3n) is 5.16. The van der Waals surface area contributed by atoms with Gasteiger partial charge in [-0.15, -0.1) is 0 Å². The highest BCUT2D eigenvalue weighted by atomic mass is 32.1. The van der Waals surface area contributed by atoms with E-state index in [0.717, 1.165) is 51.7 Å². The van der Waals surface area contributed by atoms with Gasteiger partial charge in [0.05, 0.1) is 22.5 Å². The van der Waals surface area contributed by atoms with Gasteiger partial charge in [0, 0.05) is 22.9 Å². The third kappa shape index (κ3) is 2.12. The Morgan fingerprint density at radius 1 is 1.15 bits per heavy atom. The zero-order valence-electron chi connectivity index (χ0n) is 14.1. The molecule has 0 saturated carbocycles. The number of pyridine rings is 1. The summed E-state index contributed by atoms with van der Waals surface area (Å²) in [6.07, 6.45) is 5.60. The maximum atomic E-state index is 11.6. The van der Waals surface area contributed by atoms with Crippen LogP contribution in [0.1, 0.15) is 11.1 Å². The first-order valence-electron chi connectivity index (χ1n) is 8.72. The van der Waals surface area contributed by atoms with Gasteiger partial charge in [0.25, 0.3) is 0 Å². The van der Waals surface area contributed by atoms with Crippen LogP contribution in [0, 0.1) is 0 Å². The summed E-state index contributed by atoms with van der Waals surface area (Å²) in [6, 6.07) is 12.5. The normalized spacial score (nSPS) is 13.0. The number of H-pyrrole nitrogens is 1. The lowest BCUT2D eigenvalue weighted by molar-refractivity contribution is 0.943. The van der Waals surface area contributed by atoms with Crippen molar-refractivity contribution >= 4 is 17.0 Å². The van der Waals surface area contributed by atoms with Crippen LogP contribution in [0.15, 0.2) is 53.6 Å². The first-order chi connectivity index (χ1) is 13.3. The molecule has 0 bridgehead atoms. The Morgan fingerprint density at radius 3 is 3.04 bits per heavy atom. The fourth-order valence-electron chi connectivity index (χ4n) is 3.91. The van der Waals surface area contributed by atoms with Crippen LogP contribution in [-0.4, -0.2) is 24.6 Å². The standard InChI is InChI=1S/C20H13N5OS/c26-20-22-19-15(27-20)10-21-16-9-12(7-8-25(16)19)17-14-6-5-11-3-1-2-4-13(11)18(14)24-23-17/h1-4,7-10H,5-6H2,(H,23,24). The Kier molecular flexibility index (Phi) is 2.93. The van der Waals surface area contributed by atoms with Gasteiger partial charge in [-0.3, -0.25) is 14.3 Å². The molecule has 3 aliphatic rings. The second-order valence-electron chi connectivity index (χ2n) is 6.65. The molecular formula is C20H13N5OS. The van der Waals surface area contributed by atoms with Crippen molar-refractivity contribution in [3.05, 3.63) is 69.6 Å². The Hall–Kier alpha value is -3.32. The molecule has 27 heavy (non-hydrogen) atoms. The zero-order valence-corrected chi connectivity index (χ0v) is 15.0. The molecule has 0 saturated heterocycles. The van der Waals surface area contributed by atoms with Crippen LogP contribution in [0.4, 0.5) is 0 Å². The van der Waals surface area contributed by atoms with E-state index in [4.69, 9.17) is 0 Å². The zero-order chi connectivity index (χ0) is 18.0. The van der Waals surface area contributed by atoms with E-state index in [1.807, 2.05) is 22.7 Å². The molecule has 1 N–H and O–H groups in total. The lowest BCUT2D eigenvalue weighted by Crippen LogP contribution is -2.03. The number of aromatic nitrogens is 5. The van der Waals surface area contributed by atoms with E-state index in [9.17, 15) is 4.79 Å². The van der Waals surface area contributed by atoms with Crippen molar-refractivity contribution in [3.63, 3.8) is 0 Å². The topological polar surface area (TPSA) is 75.9 Å². The predicted molar refractivity (Wildman–Crippen MR) is 104 cm³/mol.